The Kier molecular flexibility index (Phi) is 4.57. The predicted molar refractivity (Wildman–Crippen MR) is 88.7 cm³/mol. The number of rotatable bonds is 5. The van der Waals surface area contributed by atoms with E-state index in [0.29, 0.717) is 16.4 Å². The highest BCUT2D eigenvalue weighted by Crippen LogP contribution is 2.23. The topological polar surface area (TPSA) is 84.5 Å². The first-order valence-electron chi connectivity index (χ1n) is 7.33. The van der Waals surface area contributed by atoms with Gasteiger partial charge in [-0.25, -0.2) is 0 Å². The van der Waals surface area contributed by atoms with Gasteiger partial charge in [0.2, 0.25) is 5.91 Å². The number of hydrogen-bond acceptors (Lipinski definition) is 4. The van der Waals surface area contributed by atoms with Crippen LogP contribution in [0.1, 0.15) is 23.2 Å². The fourth-order valence-corrected chi connectivity index (χ4v) is 2.38. The molecule has 2 N–H and O–H groups in total. The molecule has 0 aliphatic rings. The van der Waals surface area contributed by atoms with Gasteiger partial charge in [-0.15, -0.1) is 0 Å². The van der Waals surface area contributed by atoms with E-state index in [1.807, 2.05) is 0 Å². The zero-order chi connectivity index (χ0) is 17.1. The van der Waals surface area contributed by atoms with E-state index in [-0.39, 0.29) is 18.2 Å². The second-order valence-electron chi connectivity index (χ2n) is 5.29. The molecule has 0 aliphatic carbocycles. The number of carbonyl (C=O) groups is 2. The molecule has 1 atom stereocenters. The Morgan fingerprint density at radius 1 is 1.25 bits per heavy atom. The molecule has 7 heteroatoms. The van der Waals surface area contributed by atoms with Crippen molar-refractivity contribution in [2.24, 2.45) is 0 Å². The SMILES string of the molecule is C[C@H](NC(=O)c1cc2cc(Cl)ccc2o1)C(=O)NCc1ccco1. The molecule has 0 unspecified atom stereocenters. The van der Waals surface area contributed by atoms with Crippen LogP contribution in [-0.2, 0) is 11.3 Å². The van der Waals surface area contributed by atoms with E-state index in [1.54, 1.807) is 43.3 Å². The van der Waals surface area contributed by atoms with Crippen molar-refractivity contribution < 1.29 is 18.4 Å². The van der Waals surface area contributed by atoms with Crippen LogP contribution in [0.3, 0.4) is 0 Å². The fraction of sp³-hybridized carbons (Fsp3) is 0.176. The molecule has 124 valence electrons. The Morgan fingerprint density at radius 2 is 2.08 bits per heavy atom. The molecule has 0 radical (unpaired) electrons. The van der Waals surface area contributed by atoms with Gasteiger partial charge in [-0.2, -0.15) is 0 Å². The first kappa shape index (κ1) is 16.1. The molecule has 24 heavy (non-hydrogen) atoms. The molecule has 0 spiro atoms. The molecule has 6 nitrogen and oxygen atoms in total. The Morgan fingerprint density at radius 3 is 2.83 bits per heavy atom. The van der Waals surface area contributed by atoms with E-state index in [0.717, 1.165) is 5.39 Å². The van der Waals surface area contributed by atoms with Gasteiger partial charge in [0.25, 0.3) is 5.91 Å². The Bertz CT molecular complexity index is 870. The molecule has 0 bridgehead atoms. The summed E-state index contributed by atoms with van der Waals surface area (Å²) in [5.41, 5.74) is 0.555. The zero-order valence-electron chi connectivity index (χ0n) is 12.8. The summed E-state index contributed by atoms with van der Waals surface area (Å²) < 4.78 is 10.6. The molecule has 0 aliphatic heterocycles. The number of nitrogens with one attached hydrogen (secondary N) is 2. The Balaban J connectivity index is 1.61. The molecular formula is C17H15ClN2O4. The van der Waals surface area contributed by atoms with E-state index in [1.165, 1.54) is 6.26 Å². The van der Waals surface area contributed by atoms with Crippen LogP contribution in [0.2, 0.25) is 5.02 Å². The molecule has 1 aromatic carbocycles. The van der Waals surface area contributed by atoms with Gasteiger partial charge >= 0.3 is 0 Å². The van der Waals surface area contributed by atoms with Gasteiger partial charge in [-0.05, 0) is 43.3 Å². The first-order valence-corrected chi connectivity index (χ1v) is 7.71. The largest absolute Gasteiger partial charge is 0.467 e. The second-order valence-corrected chi connectivity index (χ2v) is 5.72. The maximum absolute atomic E-state index is 12.2. The van der Waals surface area contributed by atoms with E-state index < -0.39 is 11.9 Å². The normalized spacial score (nSPS) is 12.1. The van der Waals surface area contributed by atoms with E-state index in [9.17, 15) is 9.59 Å². The van der Waals surface area contributed by atoms with E-state index in [4.69, 9.17) is 20.4 Å². The summed E-state index contributed by atoms with van der Waals surface area (Å²) in [7, 11) is 0. The molecule has 0 saturated heterocycles. The molecule has 3 aromatic rings. The van der Waals surface area contributed by atoms with Gasteiger partial charge in [0.15, 0.2) is 5.76 Å². The van der Waals surface area contributed by atoms with Crippen LogP contribution in [0.4, 0.5) is 0 Å². The van der Waals surface area contributed by atoms with E-state index >= 15 is 0 Å². The lowest BCUT2D eigenvalue weighted by atomic mass is 10.2. The highest BCUT2D eigenvalue weighted by atomic mass is 35.5. The zero-order valence-corrected chi connectivity index (χ0v) is 13.6. The predicted octanol–water partition coefficient (Wildman–Crippen LogP) is 3.11. The van der Waals surface area contributed by atoms with Crippen LogP contribution in [0, 0.1) is 0 Å². The first-order chi connectivity index (χ1) is 11.5. The van der Waals surface area contributed by atoms with Crippen molar-refractivity contribution in [1.29, 1.82) is 0 Å². The summed E-state index contributed by atoms with van der Waals surface area (Å²) in [6, 6.07) is 9.43. The second kappa shape index (κ2) is 6.80. The lowest BCUT2D eigenvalue weighted by Crippen LogP contribution is -2.44. The number of fused-ring (bicyclic) bond motifs is 1. The molecule has 2 amide bonds. The quantitative estimate of drug-likeness (QED) is 0.743. The standard InChI is InChI=1S/C17H15ClN2O4/c1-10(16(21)19-9-13-3-2-6-23-13)20-17(22)15-8-11-7-12(18)4-5-14(11)24-15/h2-8,10H,9H2,1H3,(H,19,21)(H,20,22)/t10-/m0/s1. The third-order valence-corrected chi connectivity index (χ3v) is 3.70. The summed E-state index contributed by atoms with van der Waals surface area (Å²) in [6.45, 7) is 1.85. The minimum Gasteiger partial charge on any atom is -0.467 e. The monoisotopic (exact) mass is 346 g/mol. The molecule has 3 rings (SSSR count). The van der Waals surface area contributed by atoms with Gasteiger partial charge in [-0.1, -0.05) is 11.6 Å². The smallest absolute Gasteiger partial charge is 0.287 e. The van der Waals surface area contributed by atoms with Crippen molar-refractivity contribution in [1.82, 2.24) is 10.6 Å². The summed E-state index contributed by atoms with van der Waals surface area (Å²) in [4.78, 5) is 24.2. The summed E-state index contributed by atoms with van der Waals surface area (Å²) in [5, 5.41) is 6.55. The number of furan rings is 2. The lowest BCUT2D eigenvalue weighted by molar-refractivity contribution is -0.122. The summed E-state index contributed by atoms with van der Waals surface area (Å²) in [6.07, 6.45) is 1.53. The van der Waals surface area contributed by atoms with Crippen molar-refractivity contribution in [2.45, 2.75) is 19.5 Å². The number of amides is 2. The minimum absolute atomic E-state index is 0.123. The van der Waals surface area contributed by atoms with Crippen molar-refractivity contribution in [2.75, 3.05) is 0 Å². The van der Waals surface area contributed by atoms with Gasteiger partial charge in [0, 0.05) is 10.4 Å². The number of hydrogen-bond donors (Lipinski definition) is 2. The van der Waals surface area contributed by atoms with Crippen LogP contribution < -0.4 is 10.6 Å². The number of carbonyl (C=O) groups excluding carboxylic acids is 2. The van der Waals surface area contributed by atoms with E-state index in [2.05, 4.69) is 10.6 Å². The van der Waals surface area contributed by atoms with Gasteiger partial charge in [-0.3, -0.25) is 9.59 Å². The lowest BCUT2D eigenvalue weighted by Gasteiger charge is -2.12. The Labute approximate surface area is 142 Å². The molecule has 0 fully saturated rings. The maximum atomic E-state index is 12.2. The number of benzene rings is 1. The maximum Gasteiger partial charge on any atom is 0.287 e. The highest BCUT2D eigenvalue weighted by Gasteiger charge is 2.19. The van der Waals surface area contributed by atoms with Crippen molar-refractivity contribution >= 4 is 34.4 Å². The van der Waals surface area contributed by atoms with Gasteiger partial charge in [0.1, 0.15) is 17.4 Å². The van der Waals surface area contributed by atoms with Crippen molar-refractivity contribution in [3.63, 3.8) is 0 Å². The summed E-state index contributed by atoms with van der Waals surface area (Å²) >= 11 is 5.91. The fourth-order valence-electron chi connectivity index (χ4n) is 2.20. The average molecular weight is 347 g/mol. The Hall–Kier alpha value is -2.73. The molecule has 2 aromatic heterocycles. The minimum atomic E-state index is -0.718. The number of halogens is 1. The third-order valence-electron chi connectivity index (χ3n) is 3.46. The van der Waals surface area contributed by atoms with Gasteiger partial charge in [0.05, 0.1) is 12.8 Å². The van der Waals surface area contributed by atoms with Crippen LogP contribution in [0.25, 0.3) is 11.0 Å². The summed E-state index contributed by atoms with van der Waals surface area (Å²) in [5.74, 6) is -0.0316. The van der Waals surface area contributed by atoms with Crippen LogP contribution in [0.15, 0.2) is 51.5 Å². The van der Waals surface area contributed by atoms with Gasteiger partial charge < -0.3 is 19.5 Å². The van der Waals surface area contributed by atoms with Crippen LogP contribution >= 0.6 is 11.6 Å². The molecule has 2 heterocycles. The molecular weight excluding hydrogens is 332 g/mol. The van der Waals surface area contributed by atoms with Crippen LogP contribution in [-0.4, -0.2) is 17.9 Å². The highest BCUT2D eigenvalue weighted by molar-refractivity contribution is 6.31. The van der Waals surface area contributed by atoms with Crippen LogP contribution in [0.5, 0.6) is 0 Å². The van der Waals surface area contributed by atoms with Crippen molar-refractivity contribution in [3.8, 4) is 0 Å². The third kappa shape index (κ3) is 3.60. The van der Waals surface area contributed by atoms with Crippen molar-refractivity contribution in [3.05, 3.63) is 59.2 Å². The molecule has 0 saturated carbocycles. The average Bonchev–Trinajstić information content (AvgIpc) is 3.21.